The SMILES string of the molecule is ClC1=C(Cl)N(Cc2ccc3cc4ccccc4cc3c2)[C@H](NCc2ccc3ccccc3n2)C1. The molecule has 3 nitrogen and oxygen atoms in total. The second-order valence-electron chi connectivity index (χ2n) is 8.80. The summed E-state index contributed by atoms with van der Waals surface area (Å²) in [6, 6.07) is 31.9. The predicted molar refractivity (Wildman–Crippen MR) is 143 cm³/mol. The maximum atomic E-state index is 6.65. The molecule has 0 saturated heterocycles. The predicted octanol–water partition coefficient (Wildman–Crippen LogP) is 7.51. The van der Waals surface area contributed by atoms with Gasteiger partial charge in [0.05, 0.1) is 22.4 Å². The summed E-state index contributed by atoms with van der Waals surface area (Å²) in [5.74, 6) is 0. The molecule has 6 rings (SSSR count). The van der Waals surface area contributed by atoms with Crippen LogP contribution in [0.1, 0.15) is 17.7 Å². The van der Waals surface area contributed by atoms with Gasteiger partial charge in [0.15, 0.2) is 0 Å². The van der Waals surface area contributed by atoms with Gasteiger partial charge in [-0.05, 0) is 57.4 Å². The first-order valence-corrected chi connectivity index (χ1v) is 12.2. The van der Waals surface area contributed by atoms with E-state index in [4.69, 9.17) is 28.2 Å². The molecule has 0 radical (unpaired) electrons. The number of rotatable bonds is 5. The number of halogens is 2. The molecule has 2 heterocycles. The minimum absolute atomic E-state index is 0.0144. The Morgan fingerprint density at radius 1 is 0.765 bits per heavy atom. The van der Waals surface area contributed by atoms with Crippen LogP contribution in [0.15, 0.2) is 101 Å². The van der Waals surface area contributed by atoms with Crippen molar-refractivity contribution >= 4 is 55.6 Å². The van der Waals surface area contributed by atoms with Crippen molar-refractivity contribution in [2.75, 3.05) is 0 Å². The lowest BCUT2D eigenvalue weighted by Gasteiger charge is -2.28. The van der Waals surface area contributed by atoms with Gasteiger partial charge in [0.1, 0.15) is 5.16 Å². The fourth-order valence-electron chi connectivity index (χ4n) is 4.73. The van der Waals surface area contributed by atoms with E-state index in [9.17, 15) is 0 Å². The lowest BCUT2D eigenvalue weighted by atomic mass is 10.0. The molecule has 1 aliphatic heterocycles. The second-order valence-corrected chi connectivity index (χ2v) is 9.61. The maximum Gasteiger partial charge on any atom is 0.121 e. The van der Waals surface area contributed by atoms with E-state index < -0.39 is 0 Å². The van der Waals surface area contributed by atoms with Crippen LogP contribution in [0.2, 0.25) is 0 Å². The van der Waals surface area contributed by atoms with Crippen LogP contribution in [0.4, 0.5) is 0 Å². The molecule has 0 saturated carbocycles. The summed E-state index contributed by atoms with van der Waals surface area (Å²) in [4.78, 5) is 6.93. The van der Waals surface area contributed by atoms with Gasteiger partial charge in [0.2, 0.25) is 0 Å². The topological polar surface area (TPSA) is 28.2 Å². The van der Waals surface area contributed by atoms with Crippen molar-refractivity contribution in [1.29, 1.82) is 0 Å². The van der Waals surface area contributed by atoms with Gasteiger partial charge in [-0.25, -0.2) is 0 Å². The monoisotopic (exact) mass is 483 g/mol. The van der Waals surface area contributed by atoms with Crippen LogP contribution < -0.4 is 5.32 Å². The fraction of sp³-hybridized carbons (Fsp3) is 0.138. The van der Waals surface area contributed by atoms with Gasteiger partial charge in [-0.2, -0.15) is 0 Å². The molecule has 168 valence electrons. The normalized spacial score (nSPS) is 16.3. The van der Waals surface area contributed by atoms with Crippen molar-refractivity contribution in [1.82, 2.24) is 15.2 Å². The number of fused-ring (bicyclic) bond motifs is 3. The van der Waals surface area contributed by atoms with E-state index in [1.165, 1.54) is 27.1 Å². The summed E-state index contributed by atoms with van der Waals surface area (Å²) in [5.41, 5.74) is 3.20. The molecule has 1 aliphatic rings. The van der Waals surface area contributed by atoms with Gasteiger partial charge in [-0.15, -0.1) is 0 Å². The third-order valence-corrected chi connectivity index (χ3v) is 7.40. The largest absolute Gasteiger partial charge is 0.341 e. The Balaban J connectivity index is 1.23. The molecule has 5 aromatic rings. The Labute approximate surface area is 208 Å². The molecule has 0 unspecified atom stereocenters. The smallest absolute Gasteiger partial charge is 0.121 e. The number of nitrogens with zero attached hydrogens (tertiary/aromatic N) is 2. The highest BCUT2D eigenvalue weighted by Gasteiger charge is 2.30. The summed E-state index contributed by atoms with van der Waals surface area (Å²) >= 11 is 13.1. The zero-order valence-corrected chi connectivity index (χ0v) is 20.0. The highest BCUT2D eigenvalue weighted by molar-refractivity contribution is 6.39. The third-order valence-electron chi connectivity index (χ3n) is 6.52. The van der Waals surface area contributed by atoms with E-state index >= 15 is 0 Å². The molecule has 0 spiro atoms. The van der Waals surface area contributed by atoms with Crippen LogP contribution in [0.3, 0.4) is 0 Å². The van der Waals surface area contributed by atoms with Crippen LogP contribution >= 0.6 is 23.2 Å². The van der Waals surface area contributed by atoms with E-state index in [0.717, 1.165) is 16.6 Å². The van der Waals surface area contributed by atoms with E-state index in [1.807, 2.05) is 18.2 Å². The zero-order chi connectivity index (χ0) is 23.1. The number of hydrogen-bond donors (Lipinski definition) is 1. The van der Waals surface area contributed by atoms with Crippen LogP contribution in [0.25, 0.3) is 32.4 Å². The standard InChI is InChI=1S/C29H23Cl2N3/c30-26-16-28(32-17-25-12-11-20-5-3-4-8-27(20)33-25)34(29(26)31)18-19-9-10-23-14-21-6-1-2-7-22(21)15-24(23)13-19/h1-15,28,32H,16-18H2/t28-/m0/s1. The highest BCUT2D eigenvalue weighted by atomic mass is 35.5. The summed E-state index contributed by atoms with van der Waals surface area (Å²) in [7, 11) is 0. The molecule has 0 amide bonds. The van der Waals surface area contributed by atoms with Crippen LogP contribution in [-0.2, 0) is 13.1 Å². The molecule has 0 bridgehead atoms. The zero-order valence-electron chi connectivity index (χ0n) is 18.5. The maximum absolute atomic E-state index is 6.65. The third kappa shape index (κ3) is 4.12. The van der Waals surface area contributed by atoms with Gasteiger partial charge in [0, 0.05) is 24.9 Å². The first kappa shape index (κ1) is 21.4. The fourth-order valence-corrected chi connectivity index (χ4v) is 5.24. The van der Waals surface area contributed by atoms with E-state index in [0.29, 0.717) is 29.7 Å². The molecule has 1 atom stereocenters. The molecule has 34 heavy (non-hydrogen) atoms. The highest BCUT2D eigenvalue weighted by Crippen LogP contribution is 2.35. The van der Waals surface area contributed by atoms with Crippen LogP contribution in [0, 0.1) is 0 Å². The quantitative estimate of drug-likeness (QED) is 0.207. The van der Waals surface area contributed by atoms with E-state index in [1.54, 1.807) is 0 Å². The van der Waals surface area contributed by atoms with Crippen molar-refractivity contribution in [2.45, 2.75) is 25.7 Å². The summed E-state index contributed by atoms with van der Waals surface area (Å²) < 4.78 is 0. The van der Waals surface area contributed by atoms with Crippen molar-refractivity contribution in [2.24, 2.45) is 0 Å². The van der Waals surface area contributed by atoms with E-state index in [2.05, 4.69) is 83.0 Å². The average Bonchev–Trinajstić information content (AvgIpc) is 3.13. The second kappa shape index (κ2) is 8.92. The first-order chi connectivity index (χ1) is 16.6. The van der Waals surface area contributed by atoms with Gasteiger partial charge in [0.25, 0.3) is 0 Å². The Morgan fingerprint density at radius 2 is 1.44 bits per heavy atom. The summed E-state index contributed by atoms with van der Waals surface area (Å²) in [5, 5.41) is 11.0. The molecule has 1 N–H and O–H groups in total. The number of benzene rings is 4. The summed E-state index contributed by atoms with van der Waals surface area (Å²) in [6.07, 6.45) is 0.687. The Morgan fingerprint density at radius 3 is 2.26 bits per heavy atom. The Hall–Kier alpha value is -3.11. The van der Waals surface area contributed by atoms with Gasteiger partial charge < -0.3 is 4.90 Å². The van der Waals surface area contributed by atoms with Gasteiger partial charge >= 0.3 is 0 Å². The number of nitrogens with one attached hydrogen (secondary N) is 1. The number of hydrogen-bond acceptors (Lipinski definition) is 3. The molecule has 5 heteroatoms. The van der Waals surface area contributed by atoms with Crippen molar-refractivity contribution < 1.29 is 0 Å². The van der Waals surface area contributed by atoms with Crippen LogP contribution in [-0.4, -0.2) is 16.0 Å². The van der Waals surface area contributed by atoms with Gasteiger partial charge in [-0.1, -0.05) is 83.9 Å². The molecular formula is C29H23Cl2N3. The van der Waals surface area contributed by atoms with Gasteiger partial charge in [-0.3, -0.25) is 10.3 Å². The van der Waals surface area contributed by atoms with E-state index in [-0.39, 0.29) is 6.17 Å². The number of aromatic nitrogens is 1. The first-order valence-electron chi connectivity index (χ1n) is 11.4. The molecule has 1 aromatic heterocycles. The molecular weight excluding hydrogens is 461 g/mol. The lowest BCUT2D eigenvalue weighted by molar-refractivity contribution is 0.238. The molecule has 0 fully saturated rings. The lowest BCUT2D eigenvalue weighted by Crippen LogP contribution is -2.40. The molecule has 4 aromatic carbocycles. The van der Waals surface area contributed by atoms with Crippen molar-refractivity contribution in [3.05, 3.63) is 112 Å². The Kier molecular flexibility index (Phi) is 5.62. The number of para-hydroxylation sites is 1. The number of pyridine rings is 1. The minimum atomic E-state index is 0.0144. The summed E-state index contributed by atoms with van der Waals surface area (Å²) in [6.45, 7) is 1.32. The van der Waals surface area contributed by atoms with Crippen molar-refractivity contribution in [3.63, 3.8) is 0 Å². The Bertz CT molecular complexity index is 1560. The van der Waals surface area contributed by atoms with Crippen molar-refractivity contribution in [3.8, 4) is 0 Å². The molecule has 0 aliphatic carbocycles. The van der Waals surface area contributed by atoms with Crippen LogP contribution in [0.5, 0.6) is 0 Å². The minimum Gasteiger partial charge on any atom is -0.341 e. The average molecular weight is 484 g/mol.